The summed E-state index contributed by atoms with van der Waals surface area (Å²) in [4.78, 5) is 5.22. The van der Waals surface area contributed by atoms with Gasteiger partial charge in [0.15, 0.2) is 0 Å². The van der Waals surface area contributed by atoms with E-state index in [2.05, 4.69) is 93.2 Å². The first-order chi connectivity index (χ1) is 14.4. The summed E-state index contributed by atoms with van der Waals surface area (Å²) >= 11 is 0. The number of para-hydroxylation sites is 2. The minimum Gasteiger partial charge on any atom is -0.340 e. The summed E-state index contributed by atoms with van der Waals surface area (Å²) in [5, 5.41) is 2.75. The molecule has 0 radical (unpaired) electrons. The second kappa shape index (κ2) is 8.40. The van der Waals surface area contributed by atoms with Gasteiger partial charge in [0.25, 0.3) is 0 Å². The zero-order valence-electron chi connectivity index (χ0n) is 17.0. The summed E-state index contributed by atoms with van der Waals surface area (Å²) in [7, 11) is 0. The van der Waals surface area contributed by atoms with E-state index < -0.39 is 0 Å². The quantitative estimate of drug-likeness (QED) is 0.464. The molecule has 29 heavy (non-hydrogen) atoms. The highest BCUT2D eigenvalue weighted by Gasteiger charge is 2.17. The number of nitrogens with zero attached hydrogens (tertiary/aromatic N) is 3. The number of fused-ring (bicyclic) bond motifs is 3. The molecule has 3 nitrogen and oxygen atoms in total. The Morgan fingerprint density at radius 1 is 0.552 bits per heavy atom. The highest BCUT2D eigenvalue weighted by Crippen LogP contribution is 2.28. The average molecular weight is 384 g/mol. The largest absolute Gasteiger partial charge is 0.340 e. The molecule has 148 valence electrons. The summed E-state index contributed by atoms with van der Waals surface area (Å²) in [6.07, 6.45) is 1.20. The molecule has 0 atom stereocenters. The van der Waals surface area contributed by atoms with Crippen molar-refractivity contribution in [3.8, 4) is 0 Å². The molecule has 0 bridgehead atoms. The van der Waals surface area contributed by atoms with Crippen molar-refractivity contribution in [1.29, 1.82) is 0 Å². The van der Waals surface area contributed by atoms with Gasteiger partial charge in [0.2, 0.25) is 0 Å². The Balaban J connectivity index is 1.18. The molecule has 3 aromatic carbocycles. The first kappa shape index (κ1) is 18.4. The predicted octanol–water partition coefficient (Wildman–Crippen LogP) is 5.00. The highest BCUT2D eigenvalue weighted by atomic mass is 15.3. The SMILES string of the molecule is c1ccc(CN2CCN(CCCn3c4ccccc4c4ccccc43)CC2)cc1. The van der Waals surface area contributed by atoms with Crippen LogP contribution in [0.4, 0.5) is 0 Å². The fraction of sp³-hybridized carbons (Fsp3) is 0.308. The van der Waals surface area contributed by atoms with Crippen molar-refractivity contribution in [2.75, 3.05) is 32.7 Å². The van der Waals surface area contributed by atoms with E-state index in [9.17, 15) is 0 Å². The van der Waals surface area contributed by atoms with Crippen LogP contribution < -0.4 is 0 Å². The molecule has 1 aliphatic rings. The Labute approximate surface area is 173 Å². The molecular weight excluding hydrogens is 354 g/mol. The van der Waals surface area contributed by atoms with E-state index in [1.54, 1.807) is 0 Å². The highest BCUT2D eigenvalue weighted by molar-refractivity contribution is 6.07. The van der Waals surface area contributed by atoms with Crippen LogP contribution in [-0.2, 0) is 13.1 Å². The number of aromatic nitrogens is 1. The Kier molecular flexibility index (Phi) is 5.33. The smallest absolute Gasteiger partial charge is 0.0491 e. The minimum atomic E-state index is 1.08. The molecule has 5 rings (SSSR count). The average Bonchev–Trinajstić information content (AvgIpc) is 3.10. The van der Waals surface area contributed by atoms with Gasteiger partial charge in [-0.1, -0.05) is 66.7 Å². The van der Waals surface area contributed by atoms with Crippen LogP contribution >= 0.6 is 0 Å². The number of hydrogen-bond donors (Lipinski definition) is 0. The van der Waals surface area contributed by atoms with Gasteiger partial charge in [-0.3, -0.25) is 4.90 Å². The summed E-state index contributed by atoms with van der Waals surface area (Å²) in [5.41, 5.74) is 4.15. The molecule has 1 aromatic heterocycles. The molecule has 1 aliphatic heterocycles. The van der Waals surface area contributed by atoms with Gasteiger partial charge in [-0.15, -0.1) is 0 Å². The Hall–Kier alpha value is -2.62. The molecule has 4 aromatic rings. The normalized spacial score (nSPS) is 16.0. The van der Waals surface area contributed by atoms with Crippen molar-refractivity contribution in [2.24, 2.45) is 0 Å². The van der Waals surface area contributed by atoms with Crippen molar-refractivity contribution in [1.82, 2.24) is 14.4 Å². The molecule has 1 saturated heterocycles. The van der Waals surface area contributed by atoms with Gasteiger partial charge in [0, 0.05) is 61.1 Å². The monoisotopic (exact) mass is 383 g/mol. The summed E-state index contributed by atoms with van der Waals surface area (Å²) in [5.74, 6) is 0. The lowest BCUT2D eigenvalue weighted by atomic mass is 10.2. The summed E-state index contributed by atoms with van der Waals surface area (Å²) in [6.45, 7) is 8.04. The van der Waals surface area contributed by atoms with Crippen molar-refractivity contribution in [3.05, 3.63) is 84.4 Å². The maximum atomic E-state index is 2.63. The van der Waals surface area contributed by atoms with Gasteiger partial charge < -0.3 is 9.47 Å². The van der Waals surface area contributed by atoms with Gasteiger partial charge in [-0.05, 0) is 30.7 Å². The fourth-order valence-corrected chi connectivity index (χ4v) is 4.71. The molecule has 0 N–H and O–H groups in total. The molecule has 0 saturated carbocycles. The van der Waals surface area contributed by atoms with Crippen LogP contribution in [0.5, 0.6) is 0 Å². The van der Waals surface area contributed by atoms with E-state index in [1.807, 2.05) is 0 Å². The van der Waals surface area contributed by atoms with E-state index in [1.165, 1.54) is 66.5 Å². The Bertz CT molecular complexity index is 1020. The standard InChI is InChI=1S/C26H29N3/c1-2-9-22(10-3-1)21-28-19-17-27(18-20-28)15-8-16-29-25-13-6-4-11-23(25)24-12-5-7-14-26(24)29/h1-7,9-14H,8,15-21H2. The van der Waals surface area contributed by atoms with E-state index >= 15 is 0 Å². The van der Waals surface area contributed by atoms with Gasteiger partial charge >= 0.3 is 0 Å². The number of hydrogen-bond acceptors (Lipinski definition) is 2. The topological polar surface area (TPSA) is 11.4 Å². The van der Waals surface area contributed by atoms with Gasteiger partial charge in [0.05, 0.1) is 0 Å². The number of rotatable bonds is 6. The third kappa shape index (κ3) is 3.93. The van der Waals surface area contributed by atoms with Gasteiger partial charge in [-0.25, -0.2) is 0 Å². The van der Waals surface area contributed by atoms with Crippen LogP contribution in [0.2, 0.25) is 0 Å². The van der Waals surface area contributed by atoms with Crippen LogP contribution in [0, 0.1) is 0 Å². The van der Waals surface area contributed by atoms with E-state index in [-0.39, 0.29) is 0 Å². The van der Waals surface area contributed by atoms with Crippen LogP contribution in [0.1, 0.15) is 12.0 Å². The third-order valence-corrected chi connectivity index (χ3v) is 6.25. The van der Waals surface area contributed by atoms with Crippen LogP contribution in [-0.4, -0.2) is 47.1 Å². The second-order valence-corrected chi connectivity index (χ2v) is 8.14. The second-order valence-electron chi connectivity index (χ2n) is 8.14. The number of benzene rings is 3. The summed E-state index contributed by atoms with van der Waals surface area (Å²) in [6, 6.07) is 28.5. The first-order valence-electron chi connectivity index (χ1n) is 10.8. The molecule has 0 aliphatic carbocycles. The Morgan fingerprint density at radius 3 is 1.76 bits per heavy atom. The van der Waals surface area contributed by atoms with Gasteiger partial charge in [0.1, 0.15) is 0 Å². The lowest BCUT2D eigenvalue weighted by molar-refractivity contribution is 0.125. The molecule has 0 spiro atoms. The van der Waals surface area contributed by atoms with Crippen molar-refractivity contribution in [3.63, 3.8) is 0 Å². The van der Waals surface area contributed by atoms with E-state index in [0.717, 1.165) is 13.1 Å². The Morgan fingerprint density at radius 2 is 1.10 bits per heavy atom. The van der Waals surface area contributed by atoms with E-state index in [4.69, 9.17) is 0 Å². The number of aryl methyl sites for hydroxylation is 1. The number of piperazine rings is 1. The van der Waals surface area contributed by atoms with Crippen LogP contribution in [0.25, 0.3) is 21.8 Å². The zero-order chi connectivity index (χ0) is 19.5. The van der Waals surface area contributed by atoms with E-state index in [0.29, 0.717) is 0 Å². The summed E-state index contributed by atoms with van der Waals surface area (Å²) < 4.78 is 2.51. The zero-order valence-corrected chi connectivity index (χ0v) is 17.0. The van der Waals surface area contributed by atoms with Crippen molar-refractivity contribution in [2.45, 2.75) is 19.5 Å². The van der Waals surface area contributed by atoms with Crippen LogP contribution in [0.3, 0.4) is 0 Å². The lowest BCUT2D eigenvalue weighted by Gasteiger charge is -2.34. The van der Waals surface area contributed by atoms with Crippen molar-refractivity contribution >= 4 is 21.8 Å². The lowest BCUT2D eigenvalue weighted by Crippen LogP contribution is -2.46. The molecule has 3 heteroatoms. The van der Waals surface area contributed by atoms with Gasteiger partial charge in [-0.2, -0.15) is 0 Å². The molecule has 0 unspecified atom stereocenters. The minimum absolute atomic E-state index is 1.08. The third-order valence-electron chi connectivity index (χ3n) is 6.25. The van der Waals surface area contributed by atoms with Crippen molar-refractivity contribution < 1.29 is 0 Å². The maximum absolute atomic E-state index is 2.63. The molecule has 2 heterocycles. The maximum Gasteiger partial charge on any atom is 0.0491 e. The first-order valence-corrected chi connectivity index (χ1v) is 10.8. The molecule has 1 fully saturated rings. The predicted molar refractivity (Wildman–Crippen MR) is 122 cm³/mol. The molecular formula is C26H29N3. The molecule has 0 amide bonds. The van der Waals surface area contributed by atoms with Crippen LogP contribution in [0.15, 0.2) is 78.9 Å². The fourth-order valence-electron chi connectivity index (χ4n) is 4.71.